The van der Waals surface area contributed by atoms with E-state index in [1.807, 2.05) is 18.2 Å². The molecule has 0 saturated heterocycles. The molecule has 1 N–H and O–H groups in total. The molecule has 0 aliphatic heterocycles. The van der Waals surface area contributed by atoms with Gasteiger partial charge in [-0.05, 0) is 30.5 Å². The highest BCUT2D eigenvalue weighted by Crippen LogP contribution is 2.10. The molecule has 0 bridgehead atoms. The van der Waals surface area contributed by atoms with E-state index in [1.54, 1.807) is 6.07 Å². The van der Waals surface area contributed by atoms with E-state index in [0.29, 0.717) is 30.3 Å². The second kappa shape index (κ2) is 7.21. The first-order valence-electron chi connectivity index (χ1n) is 5.31. The van der Waals surface area contributed by atoms with Crippen molar-refractivity contribution in [3.63, 3.8) is 0 Å². The zero-order valence-electron chi connectivity index (χ0n) is 9.33. The van der Waals surface area contributed by atoms with E-state index in [-0.39, 0.29) is 5.75 Å². The lowest BCUT2D eigenvalue weighted by atomic mass is 10.2. The number of alkyl halides is 1. The summed E-state index contributed by atoms with van der Waals surface area (Å²) in [6.07, 6.45) is 1.09. The summed E-state index contributed by atoms with van der Waals surface area (Å²) in [5.41, 5.74) is 1.01. The van der Waals surface area contributed by atoms with Gasteiger partial charge in [-0.1, -0.05) is 23.7 Å². The molecule has 0 fully saturated rings. The first-order chi connectivity index (χ1) is 8.03. The van der Waals surface area contributed by atoms with Crippen LogP contribution >= 0.6 is 23.2 Å². The van der Waals surface area contributed by atoms with E-state index >= 15 is 0 Å². The zero-order valence-corrected chi connectivity index (χ0v) is 11.7. The van der Waals surface area contributed by atoms with Gasteiger partial charge in [-0.2, -0.15) is 0 Å². The van der Waals surface area contributed by atoms with E-state index in [4.69, 9.17) is 23.2 Å². The van der Waals surface area contributed by atoms with Crippen molar-refractivity contribution in [2.45, 2.75) is 12.8 Å². The van der Waals surface area contributed by atoms with Gasteiger partial charge in [0.05, 0.1) is 5.75 Å². The van der Waals surface area contributed by atoms with Crippen LogP contribution in [-0.4, -0.2) is 26.6 Å². The highest BCUT2D eigenvalue weighted by molar-refractivity contribution is 7.89. The number of nitrogens with one attached hydrogen (secondary N) is 1. The molecule has 96 valence electrons. The smallest absolute Gasteiger partial charge is 0.211 e. The fraction of sp³-hybridized carbons (Fsp3) is 0.455. The molecule has 0 heterocycles. The first kappa shape index (κ1) is 14.8. The Balaban J connectivity index is 2.37. The van der Waals surface area contributed by atoms with Gasteiger partial charge in [-0.15, -0.1) is 11.6 Å². The molecule has 0 spiro atoms. The summed E-state index contributed by atoms with van der Waals surface area (Å²) in [6, 6.07) is 7.38. The van der Waals surface area contributed by atoms with E-state index in [2.05, 4.69) is 4.72 Å². The minimum Gasteiger partial charge on any atom is -0.215 e. The summed E-state index contributed by atoms with van der Waals surface area (Å²) in [5.74, 6) is 0.432. The molecule has 0 amide bonds. The Morgan fingerprint density at radius 2 is 2.06 bits per heavy atom. The van der Waals surface area contributed by atoms with E-state index in [9.17, 15) is 8.42 Å². The van der Waals surface area contributed by atoms with Crippen LogP contribution in [0.25, 0.3) is 0 Å². The van der Waals surface area contributed by atoms with Crippen LogP contribution in [0.2, 0.25) is 5.02 Å². The number of halogens is 2. The molecule has 1 aromatic rings. The monoisotopic (exact) mass is 295 g/mol. The second-order valence-corrected chi connectivity index (χ2v) is 6.38. The average Bonchev–Trinajstić information content (AvgIpc) is 2.26. The minimum atomic E-state index is -3.19. The maximum absolute atomic E-state index is 11.5. The molecule has 1 rings (SSSR count). The normalized spacial score (nSPS) is 11.6. The van der Waals surface area contributed by atoms with Crippen LogP contribution in [0.5, 0.6) is 0 Å². The van der Waals surface area contributed by atoms with Crippen LogP contribution in [0.15, 0.2) is 24.3 Å². The SMILES string of the molecule is O=S(=O)(CCCCl)NCCc1cccc(Cl)c1. The fourth-order valence-electron chi connectivity index (χ4n) is 1.36. The topological polar surface area (TPSA) is 46.2 Å². The van der Waals surface area contributed by atoms with Gasteiger partial charge in [-0.25, -0.2) is 13.1 Å². The van der Waals surface area contributed by atoms with Crippen LogP contribution in [-0.2, 0) is 16.4 Å². The van der Waals surface area contributed by atoms with Crippen LogP contribution in [0.1, 0.15) is 12.0 Å². The predicted molar refractivity (Wildman–Crippen MR) is 72.3 cm³/mol. The zero-order chi connectivity index (χ0) is 12.7. The minimum absolute atomic E-state index is 0.0754. The second-order valence-electron chi connectivity index (χ2n) is 3.64. The van der Waals surface area contributed by atoms with Crippen molar-refractivity contribution in [3.8, 4) is 0 Å². The summed E-state index contributed by atoms with van der Waals surface area (Å²) in [5, 5.41) is 0.660. The van der Waals surface area contributed by atoms with Crippen molar-refractivity contribution < 1.29 is 8.42 Å². The molecule has 1 aromatic carbocycles. The third-order valence-corrected chi connectivity index (χ3v) is 4.14. The highest BCUT2D eigenvalue weighted by Gasteiger charge is 2.08. The Kier molecular flexibility index (Phi) is 6.27. The Morgan fingerprint density at radius 1 is 1.29 bits per heavy atom. The Hall–Kier alpha value is -0.290. The third kappa shape index (κ3) is 6.27. The molecule has 0 saturated carbocycles. The quantitative estimate of drug-likeness (QED) is 0.786. The van der Waals surface area contributed by atoms with Crippen LogP contribution < -0.4 is 4.72 Å². The van der Waals surface area contributed by atoms with Gasteiger partial charge >= 0.3 is 0 Å². The standard InChI is InChI=1S/C11H15Cl2NO2S/c12-6-2-8-17(15,16)14-7-5-10-3-1-4-11(13)9-10/h1,3-4,9,14H,2,5-8H2. The van der Waals surface area contributed by atoms with Crippen LogP contribution in [0, 0.1) is 0 Å². The van der Waals surface area contributed by atoms with Crippen molar-refractivity contribution in [1.29, 1.82) is 0 Å². The van der Waals surface area contributed by atoms with Gasteiger partial charge in [0.15, 0.2) is 0 Å². The largest absolute Gasteiger partial charge is 0.215 e. The molecule has 3 nitrogen and oxygen atoms in total. The Labute approximate surface area is 112 Å². The maximum atomic E-state index is 11.5. The van der Waals surface area contributed by atoms with Gasteiger partial charge in [0, 0.05) is 17.4 Å². The molecular formula is C11H15Cl2NO2S. The molecule has 0 aliphatic carbocycles. The number of sulfonamides is 1. The number of hydrogen-bond donors (Lipinski definition) is 1. The van der Waals surface area contributed by atoms with E-state index in [1.165, 1.54) is 0 Å². The Morgan fingerprint density at radius 3 is 2.71 bits per heavy atom. The van der Waals surface area contributed by atoms with Crippen molar-refractivity contribution in [2.24, 2.45) is 0 Å². The molecule has 17 heavy (non-hydrogen) atoms. The van der Waals surface area contributed by atoms with Crippen molar-refractivity contribution in [3.05, 3.63) is 34.9 Å². The van der Waals surface area contributed by atoms with E-state index < -0.39 is 10.0 Å². The van der Waals surface area contributed by atoms with Gasteiger partial charge < -0.3 is 0 Å². The molecule has 0 aromatic heterocycles. The summed E-state index contributed by atoms with van der Waals surface area (Å²) in [4.78, 5) is 0. The van der Waals surface area contributed by atoms with Crippen LogP contribution in [0.3, 0.4) is 0 Å². The van der Waals surface area contributed by atoms with Crippen molar-refractivity contribution in [2.75, 3.05) is 18.2 Å². The molecule has 0 atom stereocenters. The van der Waals surface area contributed by atoms with Gasteiger partial charge in [-0.3, -0.25) is 0 Å². The van der Waals surface area contributed by atoms with Gasteiger partial charge in [0.2, 0.25) is 10.0 Å². The molecule has 0 radical (unpaired) electrons. The lowest BCUT2D eigenvalue weighted by molar-refractivity contribution is 0.580. The average molecular weight is 296 g/mol. The third-order valence-electron chi connectivity index (χ3n) is 2.17. The summed E-state index contributed by atoms with van der Waals surface area (Å²) in [6.45, 7) is 0.380. The van der Waals surface area contributed by atoms with Crippen LogP contribution in [0.4, 0.5) is 0 Å². The summed E-state index contributed by atoms with van der Waals surface area (Å²) in [7, 11) is -3.19. The fourth-order valence-corrected chi connectivity index (χ4v) is 2.95. The lowest BCUT2D eigenvalue weighted by Crippen LogP contribution is -2.28. The Bertz CT molecular complexity index is 449. The summed E-state index contributed by atoms with van der Waals surface area (Å²) < 4.78 is 25.4. The van der Waals surface area contributed by atoms with Gasteiger partial charge in [0.1, 0.15) is 0 Å². The van der Waals surface area contributed by atoms with Gasteiger partial charge in [0.25, 0.3) is 0 Å². The number of rotatable bonds is 7. The molecule has 0 unspecified atom stereocenters. The first-order valence-corrected chi connectivity index (χ1v) is 7.88. The van der Waals surface area contributed by atoms with Crippen molar-refractivity contribution >= 4 is 33.2 Å². The number of benzene rings is 1. The predicted octanol–water partition coefficient (Wildman–Crippen LogP) is 2.43. The lowest BCUT2D eigenvalue weighted by Gasteiger charge is -2.06. The molecular weight excluding hydrogens is 281 g/mol. The molecule has 6 heteroatoms. The van der Waals surface area contributed by atoms with E-state index in [0.717, 1.165) is 5.56 Å². The summed E-state index contributed by atoms with van der Waals surface area (Å²) >= 11 is 11.3. The number of hydrogen-bond acceptors (Lipinski definition) is 2. The van der Waals surface area contributed by atoms with Crippen molar-refractivity contribution in [1.82, 2.24) is 4.72 Å². The molecule has 0 aliphatic rings. The maximum Gasteiger partial charge on any atom is 0.211 e. The highest BCUT2D eigenvalue weighted by atomic mass is 35.5.